The first-order valence-corrected chi connectivity index (χ1v) is 6.48. The van der Waals surface area contributed by atoms with E-state index < -0.39 is 0 Å². The summed E-state index contributed by atoms with van der Waals surface area (Å²) < 4.78 is 0. The minimum absolute atomic E-state index is 0.0840. The van der Waals surface area contributed by atoms with Gasteiger partial charge in [-0.3, -0.25) is 9.59 Å². The Morgan fingerprint density at radius 3 is 2.63 bits per heavy atom. The first-order chi connectivity index (χ1) is 8.88. The van der Waals surface area contributed by atoms with Crippen LogP contribution >= 0.6 is 11.6 Å². The molecule has 0 aliphatic rings. The Balaban J connectivity index is 2.45. The minimum Gasteiger partial charge on any atom is -0.354 e. The average molecular weight is 284 g/mol. The van der Waals surface area contributed by atoms with Crippen LogP contribution in [0.25, 0.3) is 0 Å². The van der Waals surface area contributed by atoms with Crippen LogP contribution in [0.15, 0.2) is 12.1 Å². The van der Waals surface area contributed by atoms with E-state index in [4.69, 9.17) is 11.6 Å². The van der Waals surface area contributed by atoms with E-state index in [1.165, 1.54) is 6.07 Å². The van der Waals surface area contributed by atoms with E-state index in [-0.39, 0.29) is 36.0 Å². The zero-order chi connectivity index (χ0) is 14.4. The molecule has 0 radical (unpaired) electrons. The predicted octanol–water partition coefficient (Wildman–Crippen LogP) is 1.69. The number of nitrogens with zero attached hydrogens (tertiary/aromatic N) is 1. The summed E-state index contributed by atoms with van der Waals surface area (Å²) in [4.78, 5) is 27.2. The van der Waals surface area contributed by atoms with Gasteiger partial charge in [-0.1, -0.05) is 11.6 Å². The van der Waals surface area contributed by atoms with Gasteiger partial charge in [0.1, 0.15) is 5.15 Å². The monoisotopic (exact) mass is 283 g/mol. The van der Waals surface area contributed by atoms with E-state index in [0.717, 1.165) is 0 Å². The smallest absolute Gasteiger partial charge is 0.251 e. The van der Waals surface area contributed by atoms with Crippen molar-refractivity contribution in [2.24, 2.45) is 0 Å². The standard InChI is InChI=1S/C13H18ClN3O2/c1-8(2)16-12(18)4-5-15-13(19)10-6-9(3)17-11(14)7-10/h6-8H,4-5H2,1-3H3,(H,15,19)(H,16,18). The van der Waals surface area contributed by atoms with Crippen molar-refractivity contribution >= 4 is 23.4 Å². The molecule has 5 nitrogen and oxygen atoms in total. The highest BCUT2D eigenvalue weighted by Crippen LogP contribution is 2.10. The van der Waals surface area contributed by atoms with E-state index in [1.54, 1.807) is 13.0 Å². The average Bonchev–Trinajstić information content (AvgIpc) is 2.26. The molecular weight excluding hydrogens is 266 g/mol. The SMILES string of the molecule is Cc1cc(C(=O)NCCC(=O)NC(C)C)cc(Cl)n1. The normalized spacial score (nSPS) is 10.4. The molecule has 2 amide bonds. The highest BCUT2D eigenvalue weighted by molar-refractivity contribution is 6.29. The molecule has 1 rings (SSSR count). The number of aromatic nitrogens is 1. The number of nitrogens with one attached hydrogen (secondary N) is 2. The maximum absolute atomic E-state index is 11.8. The molecule has 104 valence electrons. The Morgan fingerprint density at radius 2 is 2.05 bits per heavy atom. The summed E-state index contributed by atoms with van der Waals surface area (Å²) in [7, 11) is 0. The van der Waals surface area contributed by atoms with E-state index in [1.807, 2.05) is 13.8 Å². The number of pyridine rings is 1. The maximum atomic E-state index is 11.8. The topological polar surface area (TPSA) is 71.1 Å². The molecule has 0 atom stereocenters. The molecule has 0 saturated heterocycles. The molecule has 0 unspecified atom stereocenters. The molecule has 0 aliphatic heterocycles. The Kier molecular flexibility index (Phi) is 5.76. The largest absolute Gasteiger partial charge is 0.354 e. The van der Waals surface area contributed by atoms with Crippen LogP contribution in [-0.4, -0.2) is 29.4 Å². The molecule has 0 fully saturated rings. The predicted molar refractivity (Wildman–Crippen MR) is 74.2 cm³/mol. The van der Waals surface area contributed by atoms with E-state index in [9.17, 15) is 9.59 Å². The van der Waals surface area contributed by atoms with Crippen LogP contribution in [0.5, 0.6) is 0 Å². The summed E-state index contributed by atoms with van der Waals surface area (Å²) in [5, 5.41) is 5.70. The number of halogens is 1. The quantitative estimate of drug-likeness (QED) is 0.808. The second-order valence-corrected chi connectivity index (χ2v) is 4.94. The molecular formula is C13H18ClN3O2. The van der Waals surface area contributed by atoms with Crippen LogP contribution in [-0.2, 0) is 4.79 Å². The van der Waals surface area contributed by atoms with Crippen molar-refractivity contribution in [3.8, 4) is 0 Å². The summed E-state index contributed by atoms with van der Waals surface area (Å²) in [5.74, 6) is -0.344. The molecule has 6 heteroatoms. The third kappa shape index (κ3) is 5.70. The molecule has 0 aliphatic carbocycles. The van der Waals surface area contributed by atoms with Gasteiger partial charge in [0, 0.05) is 30.3 Å². The van der Waals surface area contributed by atoms with Gasteiger partial charge in [-0.05, 0) is 32.9 Å². The lowest BCUT2D eigenvalue weighted by Gasteiger charge is -2.09. The Labute approximate surface area is 117 Å². The van der Waals surface area contributed by atoms with Crippen molar-refractivity contribution in [3.63, 3.8) is 0 Å². The van der Waals surface area contributed by atoms with Gasteiger partial charge in [-0.15, -0.1) is 0 Å². The van der Waals surface area contributed by atoms with Crippen LogP contribution in [0.2, 0.25) is 5.15 Å². The second-order valence-electron chi connectivity index (χ2n) is 4.55. The Hall–Kier alpha value is -1.62. The van der Waals surface area contributed by atoms with Crippen LogP contribution in [0.4, 0.5) is 0 Å². The first kappa shape index (κ1) is 15.4. The van der Waals surface area contributed by atoms with Crippen LogP contribution < -0.4 is 10.6 Å². The zero-order valence-electron chi connectivity index (χ0n) is 11.3. The van der Waals surface area contributed by atoms with Crippen molar-refractivity contribution in [3.05, 3.63) is 28.5 Å². The third-order valence-corrected chi connectivity index (χ3v) is 2.47. The van der Waals surface area contributed by atoms with Gasteiger partial charge in [0.15, 0.2) is 0 Å². The van der Waals surface area contributed by atoms with E-state index in [0.29, 0.717) is 11.3 Å². The Bertz CT molecular complexity index is 455. The van der Waals surface area contributed by atoms with Crippen LogP contribution in [0, 0.1) is 6.92 Å². The molecule has 1 aromatic heterocycles. The first-order valence-electron chi connectivity index (χ1n) is 6.10. The van der Waals surface area contributed by atoms with Crippen LogP contribution in [0.1, 0.15) is 36.3 Å². The minimum atomic E-state index is -0.259. The number of amides is 2. The van der Waals surface area contributed by atoms with Gasteiger partial charge in [0.25, 0.3) is 5.91 Å². The van der Waals surface area contributed by atoms with Crippen molar-refractivity contribution in [1.29, 1.82) is 0 Å². The third-order valence-electron chi connectivity index (χ3n) is 2.27. The van der Waals surface area contributed by atoms with Crippen molar-refractivity contribution in [1.82, 2.24) is 15.6 Å². The van der Waals surface area contributed by atoms with Gasteiger partial charge in [0.05, 0.1) is 0 Å². The Morgan fingerprint density at radius 1 is 1.37 bits per heavy atom. The fourth-order valence-electron chi connectivity index (χ4n) is 1.54. The van der Waals surface area contributed by atoms with Gasteiger partial charge in [0.2, 0.25) is 5.91 Å². The number of carbonyl (C=O) groups excluding carboxylic acids is 2. The lowest BCUT2D eigenvalue weighted by molar-refractivity contribution is -0.121. The summed E-state index contributed by atoms with van der Waals surface area (Å²) in [5.41, 5.74) is 1.12. The van der Waals surface area contributed by atoms with Crippen molar-refractivity contribution < 1.29 is 9.59 Å². The zero-order valence-corrected chi connectivity index (χ0v) is 12.0. The van der Waals surface area contributed by atoms with Gasteiger partial charge in [-0.25, -0.2) is 4.98 Å². The molecule has 0 spiro atoms. The number of aryl methyl sites for hydroxylation is 1. The van der Waals surface area contributed by atoms with Gasteiger partial charge < -0.3 is 10.6 Å². The van der Waals surface area contributed by atoms with E-state index >= 15 is 0 Å². The summed E-state index contributed by atoms with van der Waals surface area (Å²) in [6.07, 6.45) is 0.252. The van der Waals surface area contributed by atoms with Gasteiger partial charge >= 0.3 is 0 Å². The summed E-state index contributed by atoms with van der Waals surface area (Å²) in [6, 6.07) is 3.25. The van der Waals surface area contributed by atoms with Gasteiger partial charge in [-0.2, -0.15) is 0 Å². The molecule has 1 heterocycles. The summed E-state index contributed by atoms with van der Waals surface area (Å²) >= 11 is 5.78. The lowest BCUT2D eigenvalue weighted by atomic mass is 10.2. The fourth-order valence-corrected chi connectivity index (χ4v) is 1.80. The van der Waals surface area contributed by atoms with E-state index in [2.05, 4.69) is 15.6 Å². The highest BCUT2D eigenvalue weighted by Gasteiger charge is 2.09. The molecule has 0 aromatic carbocycles. The molecule has 0 saturated carbocycles. The van der Waals surface area contributed by atoms with Crippen LogP contribution in [0.3, 0.4) is 0 Å². The molecule has 0 bridgehead atoms. The second kappa shape index (κ2) is 7.09. The number of carbonyl (C=O) groups is 2. The molecule has 1 aromatic rings. The summed E-state index contributed by atoms with van der Waals surface area (Å²) in [6.45, 7) is 5.82. The highest BCUT2D eigenvalue weighted by atomic mass is 35.5. The molecule has 19 heavy (non-hydrogen) atoms. The number of hydrogen-bond acceptors (Lipinski definition) is 3. The number of hydrogen-bond donors (Lipinski definition) is 2. The fraction of sp³-hybridized carbons (Fsp3) is 0.462. The van der Waals surface area contributed by atoms with Crippen molar-refractivity contribution in [2.45, 2.75) is 33.2 Å². The van der Waals surface area contributed by atoms with Crippen molar-refractivity contribution in [2.75, 3.05) is 6.54 Å². The maximum Gasteiger partial charge on any atom is 0.251 e. The number of rotatable bonds is 5. The lowest BCUT2D eigenvalue weighted by Crippen LogP contribution is -2.34. The molecule has 2 N–H and O–H groups in total.